The van der Waals surface area contributed by atoms with E-state index in [0.29, 0.717) is 13.2 Å². The van der Waals surface area contributed by atoms with E-state index >= 15 is 0 Å². The van der Waals surface area contributed by atoms with Gasteiger partial charge >= 0.3 is 0 Å². The van der Waals surface area contributed by atoms with E-state index in [9.17, 15) is 4.79 Å². The maximum absolute atomic E-state index is 12.2. The molecule has 0 aromatic heterocycles. The molecule has 120 valence electrons. The van der Waals surface area contributed by atoms with Crippen molar-refractivity contribution in [3.63, 3.8) is 0 Å². The van der Waals surface area contributed by atoms with E-state index < -0.39 is 6.04 Å². The Bertz CT molecular complexity index is 413. The lowest BCUT2D eigenvalue weighted by molar-refractivity contribution is -0.119. The van der Waals surface area contributed by atoms with Crippen molar-refractivity contribution in [1.82, 2.24) is 0 Å². The van der Waals surface area contributed by atoms with E-state index in [1.807, 2.05) is 24.3 Å². The molecule has 0 heterocycles. The summed E-state index contributed by atoms with van der Waals surface area (Å²) in [5.41, 5.74) is 6.56. The van der Waals surface area contributed by atoms with E-state index in [1.54, 1.807) is 11.8 Å². The lowest BCUT2D eigenvalue weighted by Crippen LogP contribution is -2.43. The molecule has 21 heavy (non-hydrogen) atoms. The highest BCUT2D eigenvalue weighted by molar-refractivity contribution is 9.10. The van der Waals surface area contributed by atoms with Gasteiger partial charge in [0.05, 0.1) is 12.6 Å². The number of rotatable bonds is 8. The molecule has 0 aliphatic rings. The summed E-state index contributed by atoms with van der Waals surface area (Å²) in [6, 6.07) is 7.10. The molecular weight excluding hydrogens is 356 g/mol. The third-order valence-electron chi connectivity index (χ3n) is 2.90. The molecule has 0 fully saturated rings. The molecule has 1 amide bonds. The number of nitrogens with two attached hydrogens (primary N) is 1. The van der Waals surface area contributed by atoms with Crippen LogP contribution >= 0.6 is 28.3 Å². The first-order valence-electron chi connectivity index (χ1n) is 6.96. The molecule has 4 nitrogen and oxygen atoms in total. The van der Waals surface area contributed by atoms with Gasteiger partial charge in [0, 0.05) is 23.3 Å². The fraction of sp³-hybridized carbons (Fsp3) is 0.533. The average Bonchev–Trinajstić information content (AvgIpc) is 2.43. The van der Waals surface area contributed by atoms with Crippen LogP contribution in [0.25, 0.3) is 0 Å². The van der Waals surface area contributed by atoms with Gasteiger partial charge in [-0.2, -0.15) is 0 Å². The van der Waals surface area contributed by atoms with Crippen molar-refractivity contribution in [2.24, 2.45) is 5.73 Å². The molecule has 0 saturated heterocycles. The Morgan fingerprint density at radius 3 is 2.48 bits per heavy atom. The topological polar surface area (TPSA) is 55.6 Å². The highest BCUT2D eigenvalue weighted by atomic mass is 79.9. The molecule has 1 aromatic carbocycles. The van der Waals surface area contributed by atoms with Crippen LogP contribution < -0.4 is 10.6 Å². The number of ether oxygens (including phenoxy) is 1. The number of nitrogens with zero attached hydrogens (tertiary/aromatic N) is 1. The van der Waals surface area contributed by atoms with Crippen molar-refractivity contribution in [3.8, 4) is 0 Å². The summed E-state index contributed by atoms with van der Waals surface area (Å²) >= 11 is 3.39. The Hall–Kier alpha value is -0.620. The van der Waals surface area contributed by atoms with Crippen LogP contribution in [-0.4, -0.2) is 31.7 Å². The second-order valence-corrected chi connectivity index (χ2v) is 5.64. The van der Waals surface area contributed by atoms with Crippen LogP contribution in [0, 0.1) is 0 Å². The van der Waals surface area contributed by atoms with Crippen LogP contribution in [0.4, 0.5) is 5.69 Å². The SMILES string of the molecule is CCCCOCCN(C(=O)[C@H](C)N)c1ccc(Br)cc1.Cl. The zero-order valence-corrected chi connectivity index (χ0v) is 15.0. The Balaban J connectivity index is 0.00000400. The normalized spacial score (nSPS) is 11.6. The number of halogens is 2. The van der Waals surface area contributed by atoms with Crippen LogP contribution in [0.15, 0.2) is 28.7 Å². The van der Waals surface area contributed by atoms with Crippen molar-refractivity contribution in [2.45, 2.75) is 32.7 Å². The summed E-state index contributed by atoms with van der Waals surface area (Å²) in [6.45, 7) is 5.60. The monoisotopic (exact) mass is 378 g/mol. The molecule has 0 unspecified atom stereocenters. The first kappa shape index (κ1) is 20.4. The van der Waals surface area contributed by atoms with Gasteiger partial charge < -0.3 is 15.4 Å². The zero-order chi connectivity index (χ0) is 15.0. The fourth-order valence-corrected chi connectivity index (χ4v) is 2.00. The van der Waals surface area contributed by atoms with Gasteiger partial charge in [-0.25, -0.2) is 0 Å². The van der Waals surface area contributed by atoms with E-state index in [4.69, 9.17) is 10.5 Å². The van der Waals surface area contributed by atoms with Crippen LogP contribution in [0.3, 0.4) is 0 Å². The van der Waals surface area contributed by atoms with E-state index in [1.165, 1.54) is 0 Å². The number of hydrogen-bond acceptors (Lipinski definition) is 3. The summed E-state index contributed by atoms with van der Waals surface area (Å²) in [7, 11) is 0. The number of amides is 1. The molecule has 0 saturated carbocycles. The van der Waals surface area contributed by atoms with Crippen LogP contribution in [-0.2, 0) is 9.53 Å². The number of benzene rings is 1. The van der Waals surface area contributed by atoms with Crippen molar-refractivity contribution >= 4 is 39.9 Å². The third kappa shape index (κ3) is 7.27. The summed E-state index contributed by atoms with van der Waals surface area (Å²) < 4.78 is 6.52. The predicted octanol–water partition coefficient (Wildman–Crippen LogP) is 3.37. The zero-order valence-electron chi connectivity index (χ0n) is 12.5. The molecule has 0 bridgehead atoms. The Kier molecular flexibility index (Phi) is 10.7. The molecule has 2 N–H and O–H groups in total. The number of unbranched alkanes of at least 4 members (excludes halogenated alkanes) is 1. The van der Waals surface area contributed by atoms with Crippen LogP contribution in [0.5, 0.6) is 0 Å². The third-order valence-corrected chi connectivity index (χ3v) is 3.42. The Labute approximate surface area is 141 Å². The molecule has 0 radical (unpaired) electrons. The van der Waals surface area contributed by atoms with Crippen molar-refractivity contribution in [2.75, 3.05) is 24.7 Å². The van der Waals surface area contributed by atoms with Gasteiger partial charge in [0.25, 0.3) is 0 Å². The average molecular weight is 380 g/mol. The van der Waals surface area contributed by atoms with Gasteiger partial charge in [-0.1, -0.05) is 29.3 Å². The van der Waals surface area contributed by atoms with Gasteiger partial charge in [0.15, 0.2) is 0 Å². The minimum absolute atomic E-state index is 0. The first-order valence-corrected chi connectivity index (χ1v) is 7.75. The summed E-state index contributed by atoms with van der Waals surface area (Å²) in [4.78, 5) is 13.9. The second-order valence-electron chi connectivity index (χ2n) is 4.72. The van der Waals surface area contributed by atoms with Crippen LogP contribution in [0.1, 0.15) is 26.7 Å². The number of carbonyl (C=O) groups excluding carboxylic acids is 1. The molecule has 6 heteroatoms. The molecule has 1 atom stereocenters. The smallest absolute Gasteiger partial charge is 0.243 e. The summed E-state index contributed by atoms with van der Waals surface area (Å²) in [5, 5.41) is 0. The van der Waals surface area contributed by atoms with Crippen molar-refractivity contribution in [3.05, 3.63) is 28.7 Å². The largest absolute Gasteiger partial charge is 0.380 e. The van der Waals surface area contributed by atoms with Crippen LogP contribution in [0.2, 0.25) is 0 Å². The summed E-state index contributed by atoms with van der Waals surface area (Å²) in [5.74, 6) is -0.0913. The predicted molar refractivity (Wildman–Crippen MR) is 93.1 cm³/mol. The van der Waals surface area contributed by atoms with Gasteiger partial charge in [-0.3, -0.25) is 4.79 Å². The van der Waals surface area contributed by atoms with E-state index in [2.05, 4.69) is 22.9 Å². The molecule has 1 rings (SSSR count). The highest BCUT2D eigenvalue weighted by Crippen LogP contribution is 2.19. The molecule has 0 aliphatic heterocycles. The Morgan fingerprint density at radius 2 is 1.95 bits per heavy atom. The number of hydrogen-bond donors (Lipinski definition) is 1. The van der Waals surface area contributed by atoms with E-state index in [0.717, 1.165) is 29.6 Å². The molecule has 1 aromatic rings. The van der Waals surface area contributed by atoms with Gasteiger partial charge in [-0.05, 0) is 37.6 Å². The van der Waals surface area contributed by atoms with Gasteiger partial charge in [0.2, 0.25) is 5.91 Å². The first-order chi connectivity index (χ1) is 9.56. The van der Waals surface area contributed by atoms with Gasteiger partial charge in [0.1, 0.15) is 0 Å². The standard InChI is InChI=1S/C15H23BrN2O2.ClH/c1-3-4-10-20-11-9-18(15(19)12(2)17)14-7-5-13(16)6-8-14;/h5-8,12H,3-4,9-11,17H2,1-2H3;1H/t12-;/m0./s1. The minimum Gasteiger partial charge on any atom is -0.380 e. The maximum atomic E-state index is 12.2. The second kappa shape index (κ2) is 11.0. The molecule has 0 aliphatic carbocycles. The fourth-order valence-electron chi connectivity index (χ4n) is 1.74. The molecular formula is C15H24BrClN2O2. The van der Waals surface area contributed by atoms with Crippen molar-refractivity contribution in [1.29, 1.82) is 0 Å². The number of anilines is 1. The van der Waals surface area contributed by atoms with Crippen molar-refractivity contribution < 1.29 is 9.53 Å². The van der Waals surface area contributed by atoms with Gasteiger partial charge in [-0.15, -0.1) is 12.4 Å². The lowest BCUT2D eigenvalue weighted by atomic mass is 10.2. The maximum Gasteiger partial charge on any atom is 0.243 e. The Morgan fingerprint density at radius 1 is 1.33 bits per heavy atom. The highest BCUT2D eigenvalue weighted by Gasteiger charge is 2.18. The lowest BCUT2D eigenvalue weighted by Gasteiger charge is -2.24. The number of carbonyl (C=O) groups is 1. The minimum atomic E-state index is -0.519. The summed E-state index contributed by atoms with van der Waals surface area (Å²) in [6.07, 6.45) is 2.15. The molecule has 0 spiro atoms. The van der Waals surface area contributed by atoms with E-state index in [-0.39, 0.29) is 18.3 Å². The quantitative estimate of drug-likeness (QED) is 0.705.